The number of hydrogen-bond donors (Lipinski definition) is 1. The van der Waals surface area contributed by atoms with E-state index in [-0.39, 0.29) is 36.6 Å². The van der Waals surface area contributed by atoms with E-state index in [0.717, 1.165) is 44.2 Å². The maximum absolute atomic E-state index is 13.7. The standard InChI is InChI=1S/C32H45NO6S/c1-19(2)26-11-22-12-30(17-34)25-9-8-20(3)24(25)13-31(22,32(26,30)29(35)36)18-38-28-16-33(14-23-7-6-10-40-23)15-27(37-5)21(4)39-28/h6-7,10-11,17,19-22,24-25,27-28H,8-9,12-16,18H2,1-5H3,(H,35,36)/t20-,21-,22?,24-,25-,27+,28-,30+,31?,32+/m1/s1. The van der Waals surface area contributed by atoms with E-state index >= 15 is 0 Å². The number of hydrogen-bond acceptors (Lipinski definition) is 7. The van der Waals surface area contributed by atoms with Gasteiger partial charge in [0.2, 0.25) is 0 Å². The van der Waals surface area contributed by atoms with Crippen LogP contribution in [-0.4, -0.2) is 67.6 Å². The molecule has 1 aromatic heterocycles. The molecule has 4 fully saturated rings. The second kappa shape index (κ2) is 10.3. The largest absolute Gasteiger partial charge is 0.481 e. The first-order chi connectivity index (χ1) is 19.1. The van der Waals surface area contributed by atoms with E-state index in [2.05, 4.69) is 49.3 Å². The van der Waals surface area contributed by atoms with Crippen molar-refractivity contribution in [1.29, 1.82) is 0 Å². The second-order valence-electron chi connectivity index (χ2n) is 13.6. The van der Waals surface area contributed by atoms with Gasteiger partial charge in [-0.2, -0.15) is 0 Å². The molecule has 3 saturated carbocycles. The minimum Gasteiger partial charge on any atom is -0.481 e. The Morgan fingerprint density at radius 1 is 1.27 bits per heavy atom. The Bertz CT molecular complexity index is 1150. The zero-order valence-corrected chi connectivity index (χ0v) is 25.3. The first-order valence-corrected chi connectivity index (χ1v) is 16.0. The predicted molar refractivity (Wildman–Crippen MR) is 153 cm³/mol. The highest BCUT2D eigenvalue weighted by Gasteiger charge is 2.84. The highest BCUT2D eigenvalue weighted by molar-refractivity contribution is 7.09. The Morgan fingerprint density at radius 2 is 2.08 bits per heavy atom. The third kappa shape index (κ3) is 3.82. The molecule has 0 amide bonds. The lowest BCUT2D eigenvalue weighted by Crippen LogP contribution is -2.63. The third-order valence-electron chi connectivity index (χ3n) is 11.6. The molecule has 40 heavy (non-hydrogen) atoms. The number of rotatable bonds is 9. The molecule has 7 nitrogen and oxygen atoms in total. The first kappa shape index (κ1) is 28.5. The van der Waals surface area contributed by atoms with Crippen molar-refractivity contribution in [1.82, 2.24) is 4.90 Å². The molecule has 0 aromatic carbocycles. The molecule has 6 rings (SSSR count). The Labute approximate surface area is 242 Å². The molecular formula is C32H45NO6S. The molecule has 1 saturated heterocycles. The normalized spacial score (nSPS) is 44.5. The Hall–Kier alpha value is -1.58. The number of fused-ring (bicyclic) bond motifs is 2. The van der Waals surface area contributed by atoms with Crippen LogP contribution < -0.4 is 0 Å². The summed E-state index contributed by atoms with van der Waals surface area (Å²) in [6.45, 7) is 10.9. The van der Waals surface area contributed by atoms with Gasteiger partial charge >= 0.3 is 5.97 Å². The van der Waals surface area contributed by atoms with E-state index in [1.165, 1.54) is 4.88 Å². The highest BCUT2D eigenvalue weighted by atomic mass is 32.1. The number of carbonyl (C=O) groups excluding carboxylic acids is 1. The van der Waals surface area contributed by atoms with Gasteiger partial charge in [0.1, 0.15) is 11.7 Å². The van der Waals surface area contributed by atoms with E-state index in [1.54, 1.807) is 18.4 Å². The average molecular weight is 572 g/mol. The van der Waals surface area contributed by atoms with E-state index in [1.807, 2.05) is 6.92 Å². The summed E-state index contributed by atoms with van der Waals surface area (Å²) >= 11 is 1.73. The van der Waals surface area contributed by atoms with Gasteiger partial charge in [0, 0.05) is 37.0 Å². The Morgan fingerprint density at radius 3 is 2.73 bits per heavy atom. The lowest BCUT2D eigenvalue weighted by molar-refractivity contribution is -0.220. The average Bonchev–Trinajstić information content (AvgIpc) is 3.64. The monoisotopic (exact) mass is 571 g/mol. The summed E-state index contributed by atoms with van der Waals surface area (Å²) in [6.07, 6.45) is 5.95. The number of carbonyl (C=O) groups is 2. The minimum atomic E-state index is -1.23. The number of aldehydes is 1. The van der Waals surface area contributed by atoms with Crippen molar-refractivity contribution in [3.05, 3.63) is 34.0 Å². The van der Waals surface area contributed by atoms with Crippen LogP contribution in [0.1, 0.15) is 58.3 Å². The first-order valence-electron chi connectivity index (χ1n) is 15.1. The van der Waals surface area contributed by atoms with E-state index in [0.29, 0.717) is 24.8 Å². The minimum absolute atomic E-state index is 0.0150. The Balaban J connectivity index is 1.35. The predicted octanol–water partition coefficient (Wildman–Crippen LogP) is 5.25. The van der Waals surface area contributed by atoms with Crippen molar-refractivity contribution in [3.8, 4) is 0 Å². The van der Waals surface area contributed by atoms with Gasteiger partial charge in [-0.05, 0) is 67.2 Å². The van der Waals surface area contributed by atoms with Gasteiger partial charge in [0.15, 0.2) is 6.29 Å². The molecule has 0 radical (unpaired) electrons. The molecular weight excluding hydrogens is 526 g/mol. The van der Waals surface area contributed by atoms with Crippen molar-refractivity contribution in [3.63, 3.8) is 0 Å². The van der Waals surface area contributed by atoms with Crippen molar-refractivity contribution in [2.75, 3.05) is 26.8 Å². The van der Waals surface area contributed by atoms with Crippen LogP contribution >= 0.6 is 11.3 Å². The van der Waals surface area contributed by atoms with Crippen molar-refractivity contribution in [2.24, 2.45) is 45.8 Å². The molecule has 1 N–H and O–H groups in total. The molecule has 5 aliphatic rings. The summed E-state index contributed by atoms with van der Waals surface area (Å²) in [6, 6.07) is 4.21. The van der Waals surface area contributed by atoms with E-state index in [4.69, 9.17) is 14.2 Å². The van der Waals surface area contributed by atoms with Crippen LogP contribution in [0.15, 0.2) is 29.2 Å². The molecule has 1 aliphatic heterocycles. The molecule has 4 aliphatic carbocycles. The number of thiophene rings is 1. The SMILES string of the molecule is CO[C@H]1CN(Cc2cccs2)C[C@H](OCC23C[C@@H]4[C@H](C)CC[C@H]4[C@@]4(C=O)CC2C=C(C(C)C)[C@@]34C(=O)O)O[C@@H]1C. The zero-order valence-electron chi connectivity index (χ0n) is 24.5. The molecule has 8 heteroatoms. The fourth-order valence-electron chi connectivity index (χ4n) is 10.0. The van der Waals surface area contributed by atoms with Crippen molar-refractivity contribution < 1.29 is 28.9 Å². The summed E-state index contributed by atoms with van der Waals surface area (Å²) in [4.78, 5) is 30.6. The van der Waals surface area contributed by atoms with Crippen LogP contribution in [0.2, 0.25) is 0 Å². The van der Waals surface area contributed by atoms with Gasteiger partial charge < -0.3 is 24.1 Å². The molecule has 10 atom stereocenters. The van der Waals surface area contributed by atoms with E-state index in [9.17, 15) is 14.7 Å². The van der Waals surface area contributed by atoms with Crippen molar-refractivity contribution in [2.45, 2.75) is 78.4 Å². The van der Waals surface area contributed by atoms with Crippen LogP contribution in [0.5, 0.6) is 0 Å². The fourth-order valence-corrected chi connectivity index (χ4v) is 10.8. The zero-order chi connectivity index (χ0) is 28.4. The maximum atomic E-state index is 13.7. The third-order valence-corrected chi connectivity index (χ3v) is 12.5. The van der Waals surface area contributed by atoms with E-state index < -0.39 is 28.5 Å². The lowest BCUT2D eigenvalue weighted by atomic mass is 9.43. The summed E-state index contributed by atoms with van der Waals surface area (Å²) in [5, 5.41) is 13.3. The van der Waals surface area contributed by atoms with Gasteiger partial charge in [-0.25, -0.2) is 0 Å². The number of carboxylic acids is 1. The number of allylic oxidation sites excluding steroid dienone is 1. The summed E-state index contributed by atoms with van der Waals surface area (Å²) in [5.41, 5.74) is -1.82. The summed E-state index contributed by atoms with van der Waals surface area (Å²) in [7, 11) is 1.72. The van der Waals surface area contributed by atoms with Crippen LogP contribution in [0.3, 0.4) is 0 Å². The molecule has 4 bridgehead atoms. The highest BCUT2D eigenvalue weighted by Crippen LogP contribution is 2.82. The molecule has 220 valence electrons. The molecule has 2 heterocycles. The topological polar surface area (TPSA) is 85.3 Å². The number of aliphatic carboxylic acids is 1. The lowest BCUT2D eigenvalue weighted by Gasteiger charge is -2.58. The number of ether oxygens (including phenoxy) is 3. The number of nitrogens with zero attached hydrogens (tertiary/aromatic N) is 1. The van der Waals surface area contributed by atoms with Crippen LogP contribution in [0.4, 0.5) is 0 Å². The quantitative estimate of drug-likeness (QED) is 0.320. The summed E-state index contributed by atoms with van der Waals surface area (Å²) < 4.78 is 19.0. The number of carboxylic acid groups (broad SMARTS) is 1. The van der Waals surface area contributed by atoms with Crippen LogP contribution in [-0.2, 0) is 30.3 Å². The second-order valence-corrected chi connectivity index (χ2v) is 14.6. The van der Waals surface area contributed by atoms with Gasteiger partial charge in [-0.3, -0.25) is 9.69 Å². The van der Waals surface area contributed by atoms with Gasteiger partial charge in [-0.15, -0.1) is 11.3 Å². The number of methoxy groups -OCH3 is 1. The Kier molecular flexibility index (Phi) is 7.35. The van der Waals surface area contributed by atoms with Gasteiger partial charge in [0.25, 0.3) is 0 Å². The summed E-state index contributed by atoms with van der Waals surface area (Å²) in [5.74, 6) is 0.167. The fraction of sp³-hybridized carbons (Fsp3) is 0.750. The van der Waals surface area contributed by atoms with Crippen molar-refractivity contribution >= 4 is 23.6 Å². The molecule has 2 unspecified atom stereocenters. The molecule has 1 aromatic rings. The van der Waals surface area contributed by atoms with Crippen LogP contribution in [0.25, 0.3) is 0 Å². The van der Waals surface area contributed by atoms with Crippen LogP contribution in [0, 0.1) is 45.8 Å². The van der Waals surface area contributed by atoms with Gasteiger partial charge in [0.05, 0.1) is 24.2 Å². The van der Waals surface area contributed by atoms with Gasteiger partial charge in [-0.1, -0.05) is 44.9 Å². The maximum Gasteiger partial charge on any atom is 0.315 e. The smallest absolute Gasteiger partial charge is 0.315 e. The molecule has 0 spiro atoms.